The second-order valence-electron chi connectivity index (χ2n) is 7.42. The van der Waals surface area contributed by atoms with Crippen LogP contribution in [-0.4, -0.2) is 31.4 Å². The van der Waals surface area contributed by atoms with Crippen molar-refractivity contribution in [3.05, 3.63) is 36.4 Å². The summed E-state index contributed by atoms with van der Waals surface area (Å²) in [5.74, 6) is 0. The van der Waals surface area contributed by atoms with Crippen molar-refractivity contribution < 1.29 is 9.31 Å². The molecule has 2 aliphatic rings. The standard InChI is InChI=1S/C18H26BNO2/c1-14-10-12-20(13-11-14)16-8-6-15(7-9-16)19-21-17(2,3)18(4,5)22-19/h6-9H,1,10-13H2,2-5H3. The summed E-state index contributed by atoms with van der Waals surface area (Å²) in [6, 6.07) is 8.60. The van der Waals surface area contributed by atoms with E-state index in [0.29, 0.717) is 0 Å². The molecule has 0 spiro atoms. The highest BCUT2D eigenvalue weighted by Gasteiger charge is 2.51. The van der Waals surface area contributed by atoms with Crippen LogP contribution in [-0.2, 0) is 9.31 Å². The summed E-state index contributed by atoms with van der Waals surface area (Å²) in [6.07, 6.45) is 2.19. The van der Waals surface area contributed by atoms with E-state index in [2.05, 4.69) is 63.4 Å². The molecule has 0 aliphatic carbocycles. The van der Waals surface area contributed by atoms with Crippen LogP contribution in [0.5, 0.6) is 0 Å². The second-order valence-corrected chi connectivity index (χ2v) is 7.42. The van der Waals surface area contributed by atoms with Gasteiger partial charge >= 0.3 is 7.12 Å². The summed E-state index contributed by atoms with van der Waals surface area (Å²) in [5, 5.41) is 0. The first-order valence-corrected chi connectivity index (χ1v) is 8.16. The maximum atomic E-state index is 6.10. The fraction of sp³-hybridized carbons (Fsp3) is 0.556. The zero-order valence-corrected chi connectivity index (χ0v) is 14.2. The topological polar surface area (TPSA) is 21.7 Å². The Labute approximate surface area is 134 Å². The minimum absolute atomic E-state index is 0.278. The molecule has 3 rings (SSSR count). The van der Waals surface area contributed by atoms with Crippen molar-refractivity contribution in [2.45, 2.75) is 51.7 Å². The summed E-state index contributed by atoms with van der Waals surface area (Å²) in [6.45, 7) is 14.5. The fourth-order valence-electron chi connectivity index (χ4n) is 2.90. The highest BCUT2D eigenvalue weighted by atomic mass is 16.7. The molecule has 22 heavy (non-hydrogen) atoms. The monoisotopic (exact) mass is 299 g/mol. The van der Waals surface area contributed by atoms with E-state index >= 15 is 0 Å². The number of nitrogens with zero attached hydrogens (tertiary/aromatic N) is 1. The molecular weight excluding hydrogens is 273 g/mol. The van der Waals surface area contributed by atoms with Gasteiger partial charge in [0.05, 0.1) is 11.2 Å². The Hall–Kier alpha value is -1.26. The molecule has 118 valence electrons. The molecule has 3 nitrogen and oxygen atoms in total. The van der Waals surface area contributed by atoms with Gasteiger partial charge in [-0.25, -0.2) is 0 Å². The van der Waals surface area contributed by atoms with Gasteiger partial charge in [-0.1, -0.05) is 24.3 Å². The van der Waals surface area contributed by atoms with Crippen molar-refractivity contribution in [3.8, 4) is 0 Å². The molecule has 1 aromatic carbocycles. The van der Waals surface area contributed by atoms with Crippen LogP contribution in [0.2, 0.25) is 0 Å². The van der Waals surface area contributed by atoms with Crippen LogP contribution in [0.3, 0.4) is 0 Å². The Bertz CT molecular complexity index is 539. The molecule has 1 aromatic rings. The highest BCUT2D eigenvalue weighted by Crippen LogP contribution is 2.36. The molecule has 2 aliphatic heterocycles. The van der Waals surface area contributed by atoms with E-state index in [-0.39, 0.29) is 18.3 Å². The minimum atomic E-state index is -0.288. The van der Waals surface area contributed by atoms with E-state index in [0.717, 1.165) is 31.4 Å². The molecule has 0 unspecified atom stereocenters. The number of anilines is 1. The molecule has 0 atom stereocenters. The summed E-state index contributed by atoms with van der Waals surface area (Å²) in [4.78, 5) is 2.42. The largest absolute Gasteiger partial charge is 0.494 e. The molecule has 0 bridgehead atoms. The normalized spacial score (nSPS) is 23.9. The lowest BCUT2D eigenvalue weighted by Gasteiger charge is -2.32. The average molecular weight is 299 g/mol. The maximum absolute atomic E-state index is 6.10. The van der Waals surface area contributed by atoms with Gasteiger partial charge in [0.1, 0.15) is 0 Å². The van der Waals surface area contributed by atoms with E-state index in [4.69, 9.17) is 9.31 Å². The lowest BCUT2D eigenvalue weighted by Crippen LogP contribution is -2.41. The molecule has 2 heterocycles. The molecule has 2 saturated heterocycles. The molecule has 4 heteroatoms. The van der Waals surface area contributed by atoms with Crippen LogP contribution in [0.1, 0.15) is 40.5 Å². The maximum Gasteiger partial charge on any atom is 0.494 e. The quantitative estimate of drug-likeness (QED) is 0.618. The van der Waals surface area contributed by atoms with Gasteiger partial charge in [-0.05, 0) is 58.1 Å². The Morgan fingerprint density at radius 3 is 1.95 bits per heavy atom. The molecule has 0 N–H and O–H groups in total. The number of hydrogen-bond donors (Lipinski definition) is 0. The van der Waals surface area contributed by atoms with Gasteiger partial charge in [-0.2, -0.15) is 0 Å². The van der Waals surface area contributed by atoms with Crippen LogP contribution in [0.15, 0.2) is 36.4 Å². The van der Waals surface area contributed by atoms with Gasteiger partial charge in [-0.15, -0.1) is 0 Å². The Morgan fingerprint density at radius 1 is 0.955 bits per heavy atom. The summed E-state index contributed by atoms with van der Waals surface area (Å²) in [7, 11) is -0.278. The Kier molecular flexibility index (Phi) is 3.86. The molecule has 0 amide bonds. The molecule has 2 fully saturated rings. The van der Waals surface area contributed by atoms with Crippen molar-refractivity contribution in [1.82, 2.24) is 0 Å². The van der Waals surface area contributed by atoms with Crippen molar-refractivity contribution in [3.63, 3.8) is 0 Å². The van der Waals surface area contributed by atoms with E-state index in [1.54, 1.807) is 0 Å². The third-order valence-corrected chi connectivity index (χ3v) is 5.25. The first kappa shape index (κ1) is 15.6. The van der Waals surface area contributed by atoms with Gasteiger partial charge in [0.2, 0.25) is 0 Å². The predicted octanol–water partition coefficient (Wildman–Crippen LogP) is 3.14. The van der Waals surface area contributed by atoms with Gasteiger partial charge in [-0.3, -0.25) is 0 Å². The van der Waals surface area contributed by atoms with Crippen molar-refractivity contribution in [1.29, 1.82) is 0 Å². The summed E-state index contributed by atoms with van der Waals surface area (Å²) < 4.78 is 12.2. The fourth-order valence-corrected chi connectivity index (χ4v) is 2.90. The number of hydrogen-bond acceptors (Lipinski definition) is 3. The number of rotatable bonds is 2. The van der Waals surface area contributed by atoms with Crippen molar-refractivity contribution >= 4 is 18.3 Å². The first-order valence-electron chi connectivity index (χ1n) is 8.16. The van der Waals surface area contributed by atoms with Crippen LogP contribution in [0, 0.1) is 0 Å². The summed E-state index contributed by atoms with van der Waals surface area (Å²) >= 11 is 0. The lowest BCUT2D eigenvalue weighted by atomic mass is 9.79. The highest BCUT2D eigenvalue weighted by molar-refractivity contribution is 6.62. The van der Waals surface area contributed by atoms with Crippen LogP contribution in [0.25, 0.3) is 0 Å². The van der Waals surface area contributed by atoms with Gasteiger partial charge in [0, 0.05) is 18.8 Å². The third kappa shape index (κ3) is 2.82. The first-order chi connectivity index (χ1) is 10.3. The zero-order valence-electron chi connectivity index (χ0n) is 14.2. The van der Waals surface area contributed by atoms with Crippen LogP contribution < -0.4 is 10.4 Å². The van der Waals surface area contributed by atoms with Crippen molar-refractivity contribution in [2.24, 2.45) is 0 Å². The number of piperidine rings is 1. The van der Waals surface area contributed by atoms with E-state index in [9.17, 15) is 0 Å². The molecule has 0 aromatic heterocycles. The predicted molar refractivity (Wildman–Crippen MR) is 92.7 cm³/mol. The molecule has 0 saturated carbocycles. The van der Waals surface area contributed by atoms with Crippen LogP contribution in [0.4, 0.5) is 5.69 Å². The lowest BCUT2D eigenvalue weighted by molar-refractivity contribution is 0.00578. The van der Waals surface area contributed by atoms with E-state index in [1.807, 2.05) is 0 Å². The Balaban J connectivity index is 1.71. The Morgan fingerprint density at radius 2 is 1.45 bits per heavy atom. The molecular formula is C18H26BNO2. The van der Waals surface area contributed by atoms with Crippen molar-refractivity contribution in [2.75, 3.05) is 18.0 Å². The zero-order chi connectivity index (χ0) is 16.0. The smallest absolute Gasteiger partial charge is 0.399 e. The van der Waals surface area contributed by atoms with E-state index < -0.39 is 0 Å². The van der Waals surface area contributed by atoms with Gasteiger partial charge < -0.3 is 14.2 Å². The second kappa shape index (κ2) is 5.43. The van der Waals surface area contributed by atoms with E-state index in [1.165, 1.54) is 11.3 Å². The van der Waals surface area contributed by atoms with Gasteiger partial charge in [0.25, 0.3) is 0 Å². The average Bonchev–Trinajstić information content (AvgIpc) is 2.68. The minimum Gasteiger partial charge on any atom is -0.399 e. The third-order valence-electron chi connectivity index (χ3n) is 5.25. The SMILES string of the molecule is C=C1CCN(c2ccc(B3OC(C)(C)C(C)(C)O3)cc2)CC1. The molecule has 0 radical (unpaired) electrons. The number of benzene rings is 1. The van der Waals surface area contributed by atoms with Crippen LogP contribution >= 0.6 is 0 Å². The van der Waals surface area contributed by atoms with Gasteiger partial charge in [0.15, 0.2) is 0 Å². The summed E-state index contributed by atoms with van der Waals surface area (Å²) in [5.41, 5.74) is 3.15.